The van der Waals surface area contributed by atoms with Crippen LogP contribution in [-0.4, -0.2) is 22.8 Å². The van der Waals surface area contributed by atoms with Crippen molar-refractivity contribution in [2.24, 2.45) is 0 Å². The van der Waals surface area contributed by atoms with Crippen LogP contribution < -0.4 is 0 Å². The van der Waals surface area contributed by atoms with Gasteiger partial charge in [-0.2, -0.15) is 0 Å². The first-order valence-corrected chi connectivity index (χ1v) is 9.83. The second-order valence-corrected chi connectivity index (χ2v) is 6.86. The van der Waals surface area contributed by atoms with Gasteiger partial charge >= 0.3 is 0 Å². The largest absolute Gasteiger partial charge is 0.508 e. The van der Waals surface area contributed by atoms with E-state index in [1.165, 1.54) is 18.9 Å². The first kappa shape index (κ1) is 21.1. The second-order valence-electron chi connectivity index (χ2n) is 6.86. The minimum absolute atomic E-state index is 0.0792. The van der Waals surface area contributed by atoms with Gasteiger partial charge in [0.15, 0.2) is 0 Å². The van der Waals surface area contributed by atoms with Crippen molar-refractivity contribution in [3.05, 3.63) is 54.1 Å². The van der Waals surface area contributed by atoms with Gasteiger partial charge in [-0.25, -0.2) is 4.39 Å². The van der Waals surface area contributed by atoms with Crippen molar-refractivity contribution in [3.8, 4) is 16.9 Å². The minimum Gasteiger partial charge on any atom is -0.508 e. The number of ether oxygens (including phenoxy) is 1. The van der Waals surface area contributed by atoms with E-state index in [9.17, 15) is 9.50 Å². The average Bonchev–Trinajstić information content (AvgIpc) is 2.66. The summed E-state index contributed by atoms with van der Waals surface area (Å²) in [5.41, 5.74) is 1.98. The number of nitrogens with zero attached hydrogens (tertiary/aromatic N) is 1. The molecule has 1 aromatic heterocycles. The van der Waals surface area contributed by atoms with Gasteiger partial charge in [0.05, 0.1) is 11.8 Å². The summed E-state index contributed by atoms with van der Waals surface area (Å²) in [6.45, 7) is 5.20. The van der Waals surface area contributed by atoms with E-state index >= 15 is 0 Å². The Morgan fingerprint density at radius 2 is 2.04 bits per heavy atom. The number of hydrogen-bond donors (Lipinski definition) is 1. The van der Waals surface area contributed by atoms with E-state index in [1.54, 1.807) is 12.3 Å². The summed E-state index contributed by atoms with van der Waals surface area (Å²) < 4.78 is 19.7. The highest BCUT2D eigenvalue weighted by Gasteiger charge is 2.06. The highest BCUT2D eigenvalue weighted by atomic mass is 19.1. The molecule has 4 heteroatoms. The highest BCUT2D eigenvalue weighted by molar-refractivity contribution is 5.65. The molecular weight excluding hydrogens is 341 g/mol. The Labute approximate surface area is 161 Å². The first-order chi connectivity index (χ1) is 13.1. The van der Waals surface area contributed by atoms with Crippen molar-refractivity contribution >= 4 is 6.08 Å². The lowest BCUT2D eigenvalue weighted by Gasteiger charge is -2.11. The van der Waals surface area contributed by atoms with Crippen LogP contribution in [0.2, 0.25) is 0 Å². The molecule has 0 aliphatic heterocycles. The average molecular weight is 371 g/mol. The summed E-state index contributed by atoms with van der Waals surface area (Å²) in [6.07, 6.45) is 12.8. The number of phenols is 1. The number of hydrogen-bond acceptors (Lipinski definition) is 3. The van der Waals surface area contributed by atoms with Crippen molar-refractivity contribution in [3.63, 3.8) is 0 Å². The van der Waals surface area contributed by atoms with E-state index in [1.807, 2.05) is 18.2 Å². The van der Waals surface area contributed by atoms with Crippen LogP contribution in [0.3, 0.4) is 0 Å². The van der Waals surface area contributed by atoms with Gasteiger partial charge in [-0.3, -0.25) is 4.98 Å². The first-order valence-electron chi connectivity index (χ1n) is 9.83. The van der Waals surface area contributed by atoms with Crippen LogP contribution in [0.15, 0.2) is 42.6 Å². The molecule has 0 fully saturated rings. The molecule has 1 N–H and O–H groups in total. The quantitative estimate of drug-likeness (QED) is 0.467. The molecule has 0 saturated heterocycles. The zero-order chi connectivity index (χ0) is 19.5. The third-order valence-electron chi connectivity index (χ3n) is 4.47. The Balaban J connectivity index is 1.74. The van der Waals surface area contributed by atoms with Crippen LogP contribution in [0, 0.1) is 5.82 Å². The van der Waals surface area contributed by atoms with Crippen molar-refractivity contribution in [2.45, 2.75) is 58.5 Å². The van der Waals surface area contributed by atoms with Crippen LogP contribution in [-0.2, 0) is 4.74 Å². The Bertz CT molecular complexity index is 713. The molecule has 1 atom stereocenters. The minimum atomic E-state index is -0.453. The van der Waals surface area contributed by atoms with Gasteiger partial charge in [-0.15, -0.1) is 0 Å². The molecule has 0 bridgehead atoms. The maximum Gasteiger partial charge on any atom is 0.134 e. The lowest BCUT2D eigenvalue weighted by molar-refractivity contribution is 0.0566. The fourth-order valence-electron chi connectivity index (χ4n) is 2.85. The highest BCUT2D eigenvalue weighted by Crippen LogP contribution is 2.25. The van der Waals surface area contributed by atoms with E-state index in [2.05, 4.69) is 24.9 Å². The molecular formula is C23H30FNO2. The number of benzene rings is 1. The van der Waals surface area contributed by atoms with Crippen LogP contribution >= 0.6 is 0 Å². The molecule has 1 heterocycles. The predicted molar refractivity (Wildman–Crippen MR) is 109 cm³/mol. The number of aromatic hydroxyl groups is 1. The fourth-order valence-corrected chi connectivity index (χ4v) is 2.85. The molecule has 0 spiro atoms. The van der Waals surface area contributed by atoms with Crippen molar-refractivity contribution < 1.29 is 14.2 Å². The fraction of sp³-hybridized carbons (Fsp3) is 0.435. The van der Waals surface area contributed by atoms with Gasteiger partial charge in [0.2, 0.25) is 0 Å². The molecule has 0 saturated carbocycles. The molecule has 0 amide bonds. The van der Waals surface area contributed by atoms with Crippen molar-refractivity contribution in [1.82, 2.24) is 4.98 Å². The third kappa shape index (κ3) is 7.51. The van der Waals surface area contributed by atoms with E-state index in [4.69, 9.17) is 4.74 Å². The zero-order valence-electron chi connectivity index (χ0n) is 16.3. The summed E-state index contributed by atoms with van der Waals surface area (Å²) in [5.74, 6) is -0.532. The number of halogens is 1. The molecule has 0 aliphatic carbocycles. The van der Waals surface area contributed by atoms with E-state index in [0.717, 1.165) is 44.1 Å². The second kappa shape index (κ2) is 11.5. The smallest absolute Gasteiger partial charge is 0.134 e. The van der Waals surface area contributed by atoms with Crippen molar-refractivity contribution in [2.75, 3.05) is 6.61 Å². The summed E-state index contributed by atoms with van der Waals surface area (Å²) in [5, 5.41) is 9.30. The number of phenolic OH excluding ortho intramolecular Hbond substituents is 1. The van der Waals surface area contributed by atoms with E-state index in [0.29, 0.717) is 17.2 Å². The van der Waals surface area contributed by atoms with Gasteiger partial charge < -0.3 is 9.84 Å². The van der Waals surface area contributed by atoms with Crippen LogP contribution in [0.5, 0.6) is 5.75 Å². The van der Waals surface area contributed by atoms with Crippen molar-refractivity contribution in [1.29, 1.82) is 0 Å². The SMILES string of the molecule is CCCCCOC(C)CCCC=Cc1ccc(-c2ccc(O)cc2F)cn1. The lowest BCUT2D eigenvalue weighted by Crippen LogP contribution is -2.08. The topological polar surface area (TPSA) is 42.4 Å². The summed E-state index contributed by atoms with van der Waals surface area (Å²) in [7, 11) is 0. The van der Waals surface area contributed by atoms with Gasteiger partial charge in [0.25, 0.3) is 0 Å². The molecule has 2 rings (SSSR count). The molecule has 3 nitrogen and oxygen atoms in total. The Hall–Kier alpha value is -2.20. The molecule has 1 unspecified atom stereocenters. The van der Waals surface area contributed by atoms with Crippen LogP contribution in [0.4, 0.5) is 4.39 Å². The zero-order valence-corrected chi connectivity index (χ0v) is 16.3. The standard InChI is InChI=1S/C23H30FNO2/c1-3-4-8-15-27-18(2)9-6-5-7-10-20-12-11-19(17-25-20)22-14-13-21(26)16-23(22)24/h7,10-14,16-18,26H,3-6,8-9,15H2,1-2H3. The Morgan fingerprint density at radius 3 is 2.74 bits per heavy atom. The van der Waals surface area contributed by atoms with Gasteiger partial charge in [0, 0.05) is 30.0 Å². The number of aromatic nitrogens is 1. The maximum absolute atomic E-state index is 13.9. The Morgan fingerprint density at radius 1 is 1.19 bits per heavy atom. The van der Waals surface area contributed by atoms with Crippen LogP contribution in [0.1, 0.15) is 58.1 Å². The van der Waals surface area contributed by atoms with Gasteiger partial charge in [0.1, 0.15) is 11.6 Å². The lowest BCUT2D eigenvalue weighted by atomic mass is 10.1. The third-order valence-corrected chi connectivity index (χ3v) is 4.47. The van der Waals surface area contributed by atoms with Crippen LogP contribution in [0.25, 0.3) is 17.2 Å². The monoisotopic (exact) mass is 371 g/mol. The Kier molecular flexibility index (Phi) is 8.99. The summed E-state index contributed by atoms with van der Waals surface area (Å²) in [6, 6.07) is 7.85. The number of pyridine rings is 1. The summed E-state index contributed by atoms with van der Waals surface area (Å²) in [4.78, 5) is 4.37. The van der Waals surface area contributed by atoms with E-state index in [-0.39, 0.29) is 5.75 Å². The number of unbranched alkanes of at least 4 members (excludes halogenated alkanes) is 3. The molecule has 146 valence electrons. The molecule has 27 heavy (non-hydrogen) atoms. The normalized spacial score (nSPS) is 12.6. The molecule has 0 aliphatic rings. The number of rotatable bonds is 11. The summed E-state index contributed by atoms with van der Waals surface area (Å²) >= 11 is 0. The molecule has 0 radical (unpaired) electrons. The van der Waals surface area contributed by atoms with E-state index < -0.39 is 5.82 Å². The predicted octanol–water partition coefficient (Wildman–Crippen LogP) is 6.37. The van der Waals surface area contributed by atoms with Gasteiger partial charge in [-0.1, -0.05) is 31.9 Å². The number of allylic oxidation sites excluding steroid dienone is 1. The van der Waals surface area contributed by atoms with Gasteiger partial charge in [-0.05, 0) is 56.9 Å². The molecule has 1 aromatic carbocycles. The maximum atomic E-state index is 13.9. The molecule has 2 aromatic rings.